The average Bonchev–Trinajstić information content (AvgIpc) is 2.60. The van der Waals surface area contributed by atoms with E-state index in [0.29, 0.717) is 6.61 Å². The van der Waals surface area contributed by atoms with Crippen LogP contribution in [0.2, 0.25) is 0 Å². The highest BCUT2D eigenvalue weighted by Crippen LogP contribution is 2.55. The maximum atomic E-state index is 12.9. The first-order valence-electron chi connectivity index (χ1n) is 10.4. The van der Waals surface area contributed by atoms with Gasteiger partial charge in [0, 0.05) is 5.54 Å². The van der Waals surface area contributed by atoms with Gasteiger partial charge >= 0.3 is 0 Å². The van der Waals surface area contributed by atoms with Gasteiger partial charge in [-0.15, -0.1) is 0 Å². The van der Waals surface area contributed by atoms with Crippen LogP contribution in [0.25, 0.3) is 0 Å². The van der Waals surface area contributed by atoms with E-state index in [9.17, 15) is 4.79 Å². The van der Waals surface area contributed by atoms with Crippen molar-refractivity contribution in [1.29, 1.82) is 0 Å². The molecule has 4 aliphatic carbocycles. The molecule has 26 heavy (non-hydrogen) atoms. The molecular formula is C22H33N2O2+. The molecule has 4 nitrogen and oxygen atoms in total. The van der Waals surface area contributed by atoms with Crippen molar-refractivity contribution in [3.8, 4) is 5.75 Å². The Kier molecular flexibility index (Phi) is 4.96. The molecule has 2 N–H and O–H groups in total. The van der Waals surface area contributed by atoms with E-state index in [0.717, 1.165) is 30.0 Å². The molecule has 142 valence electrons. The Morgan fingerprint density at radius 1 is 1.15 bits per heavy atom. The number of amides is 1. The van der Waals surface area contributed by atoms with Crippen molar-refractivity contribution in [1.82, 2.24) is 5.32 Å². The number of benzene rings is 1. The van der Waals surface area contributed by atoms with Gasteiger partial charge in [-0.1, -0.05) is 18.2 Å². The van der Waals surface area contributed by atoms with Crippen molar-refractivity contribution >= 4 is 5.91 Å². The van der Waals surface area contributed by atoms with Crippen LogP contribution in [0.3, 0.4) is 0 Å². The molecule has 4 aliphatic rings. The zero-order valence-corrected chi connectivity index (χ0v) is 16.2. The summed E-state index contributed by atoms with van der Waals surface area (Å²) in [6, 6.07) is 9.85. The van der Waals surface area contributed by atoms with Gasteiger partial charge in [0.2, 0.25) is 0 Å². The van der Waals surface area contributed by atoms with Crippen molar-refractivity contribution in [2.24, 2.45) is 17.8 Å². The van der Waals surface area contributed by atoms with E-state index in [-0.39, 0.29) is 17.5 Å². The summed E-state index contributed by atoms with van der Waals surface area (Å²) >= 11 is 0. The summed E-state index contributed by atoms with van der Waals surface area (Å²) in [5.74, 6) is 3.71. The van der Waals surface area contributed by atoms with E-state index in [1.54, 1.807) is 0 Å². The quantitative estimate of drug-likeness (QED) is 0.784. The van der Waals surface area contributed by atoms with Crippen molar-refractivity contribution < 1.29 is 14.4 Å². The highest BCUT2D eigenvalue weighted by molar-refractivity contribution is 5.80. The van der Waals surface area contributed by atoms with Gasteiger partial charge < -0.3 is 15.0 Å². The Labute approximate surface area is 157 Å². The molecule has 0 aromatic heterocycles. The lowest BCUT2D eigenvalue weighted by Crippen LogP contribution is -3.14. The summed E-state index contributed by atoms with van der Waals surface area (Å²) in [6.07, 6.45) is 7.88. The number of nitrogens with one attached hydrogen (secondary N) is 2. The summed E-state index contributed by atoms with van der Waals surface area (Å²) in [5, 5.41) is 3.51. The summed E-state index contributed by atoms with van der Waals surface area (Å²) < 4.78 is 5.79. The molecule has 4 fully saturated rings. The van der Waals surface area contributed by atoms with E-state index in [1.165, 1.54) is 43.4 Å². The number of carbonyl (C=O) groups excluding carboxylic acids is 1. The summed E-state index contributed by atoms with van der Waals surface area (Å²) in [5.41, 5.74) is 0.112. The van der Waals surface area contributed by atoms with Crippen molar-refractivity contribution in [2.45, 2.75) is 57.0 Å². The number of carbonyl (C=O) groups is 1. The third kappa shape index (κ3) is 3.75. The number of ether oxygens (including phenoxy) is 1. The van der Waals surface area contributed by atoms with Crippen molar-refractivity contribution in [2.75, 3.05) is 20.2 Å². The first kappa shape index (κ1) is 17.8. The molecule has 0 heterocycles. The van der Waals surface area contributed by atoms with Gasteiger partial charge in [0.05, 0.1) is 7.05 Å². The third-order valence-corrected chi connectivity index (χ3v) is 7.07. The van der Waals surface area contributed by atoms with Crippen LogP contribution in [0.15, 0.2) is 30.3 Å². The minimum Gasteiger partial charge on any atom is -0.488 e. The molecule has 2 atom stereocenters. The number of quaternary nitrogens is 1. The fourth-order valence-corrected chi connectivity index (χ4v) is 5.92. The average molecular weight is 358 g/mol. The zero-order valence-electron chi connectivity index (χ0n) is 16.2. The van der Waals surface area contributed by atoms with E-state index in [4.69, 9.17) is 4.74 Å². The van der Waals surface area contributed by atoms with Crippen LogP contribution in [0.4, 0.5) is 0 Å². The first-order valence-corrected chi connectivity index (χ1v) is 10.4. The van der Waals surface area contributed by atoms with Crippen LogP contribution in [0, 0.1) is 17.8 Å². The number of hydrogen-bond donors (Lipinski definition) is 2. The molecule has 0 radical (unpaired) electrons. The lowest BCUT2D eigenvalue weighted by atomic mass is 9.53. The molecule has 0 aliphatic heterocycles. The van der Waals surface area contributed by atoms with E-state index in [1.807, 2.05) is 37.3 Å². The Balaban J connectivity index is 1.27. The molecule has 1 unspecified atom stereocenters. The van der Waals surface area contributed by atoms with Crippen LogP contribution in [-0.4, -0.2) is 37.7 Å². The van der Waals surface area contributed by atoms with Crippen molar-refractivity contribution in [3.05, 3.63) is 30.3 Å². The predicted molar refractivity (Wildman–Crippen MR) is 102 cm³/mol. The molecule has 1 aromatic carbocycles. The topological polar surface area (TPSA) is 42.8 Å². The van der Waals surface area contributed by atoms with Crippen LogP contribution >= 0.6 is 0 Å². The SMILES string of the molecule is C[C@@H](C(=O)NC12CC3CC(CC(C3)C1)C2)[NH+](C)CCOc1ccccc1. The highest BCUT2D eigenvalue weighted by atomic mass is 16.5. The summed E-state index contributed by atoms with van der Waals surface area (Å²) in [4.78, 5) is 14.1. The van der Waals surface area contributed by atoms with Gasteiger partial charge in [0.1, 0.15) is 18.9 Å². The lowest BCUT2D eigenvalue weighted by Gasteiger charge is -2.57. The van der Waals surface area contributed by atoms with Crippen molar-refractivity contribution in [3.63, 3.8) is 0 Å². The Morgan fingerprint density at radius 3 is 2.31 bits per heavy atom. The number of para-hydroxylation sites is 1. The minimum atomic E-state index is -0.0395. The fraction of sp³-hybridized carbons (Fsp3) is 0.682. The Bertz CT molecular complexity index is 595. The minimum absolute atomic E-state index is 0.0395. The Hall–Kier alpha value is -1.55. The van der Waals surface area contributed by atoms with Gasteiger partial charge in [-0.2, -0.15) is 0 Å². The van der Waals surface area contributed by atoms with Gasteiger partial charge in [-0.25, -0.2) is 0 Å². The first-order chi connectivity index (χ1) is 12.5. The molecule has 4 bridgehead atoms. The predicted octanol–water partition coefficient (Wildman–Crippen LogP) is 2.05. The zero-order chi connectivity index (χ0) is 18.1. The van der Waals surface area contributed by atoms with Gasteiger partial charge in [0.15, 0.2) is 6.04 Å². The van der Waals surface area contributed by atoms with Gasteiger partial charge in [0.25, 0.3) is 5.91 Å². The molecule has 0 spiro atoms. The molecule has 1 amide bonds. The largest absolute Gasteiger partial charge is 0.488 e. The monoisotopic (exact) mass is 357 g/mol. The second-order valence-electron chi connectivity index (χ2n) is 9.17. The molecule has 4 heteroatoms. The lowest BCUT2D eigenvalue weighted by molar-refractivity contribution is -0.894. The third-order valence-electron chi connectivity index (χ3n) is 7.07. The van der Waals surface area contributed by atoms with Crippen LogP contribution in [0.1, 0.15) is 45.4 Å². The number of rotatable bonds is 7. The molecule has 4 saturated carbocycles. The molecule has 5 rings (SSSR count). The van der Waals surface area contributed by atoms with E-state index >= 15 is 0 Å². The maximum absolute atomic E-state index is 12.9. The smallest absolute Gasteiger partial charge is 0.278 e. The Morgan fingerprint density at radius 2 is 1.73 bits per heavy atom. The molecule has 1 aromatic rings. The van der Waals surface area contributed by atoms with Crippen LogP contribution in [-0.2, 0) is 4.79 Å². The molecular weight excluding hydrogens is 324 g/mol. The maximum Gasteiger partial charge on any atom is 0.278 e. The fourth-order valence-electron chi connectivity index (χ4n) is 5.92. The van der Waals surface area contributed by atoms with E-state index < -0.39 is 0 Å². The second kappa shape index (κ2) is 7.22. The van der Waals surface area contributed by atoms with E-state index in [2.05, 4.69) is 12.4 Å². The second-order valence-corrected chi connectivity index (χ2v) is 9.17. The van der Waals surface area contributed by atoms with Crippen LogP contribution in [0.5, 0.6) is 5.75 Å². The number of likely N-dealkylation sites (N-methyl/N-ethyl adjacent to an activating group) is 1. The van der Waals surface area contributed by atoms with Gasteiger partial charge in [-0.05, 0) is 75.3 Å². The van der Waals surface area contributed by atoms with Crippen LogP contribution < -0.4 is 15.0 Å². The normalized spacial score (nSPS) is 34.3. The number of hydrogen-bond acceptors (Lipinski definition) is 2. The summed E-state index contributed by atoms with van der Waals surface area (Å²) in [7, 11) is 2.10. The standard InChI is InChI=1S/C22H32N2O2/c1-16(24(2)8-9-26-20-6-4-3-5-7-20)21(25)23-22-13-17-10-18(14-22)12-19(11-17)15-22/h3-7,16-19H,8-15H2,1-2H3,(H,23,25)/p+1/t16-,17?,18?,19?,22?/m0/s1. The highest BCUT2D eigenvalue weighted by Gasteiger charge is 2.52. The molecule has 0 saturated heterocycles. The van der Waals surface area contributed by atoms with Gasteiger partial charge in [-0.3, -0.25) is 4.79 Å². The summed E-state index contributed by atoms with van der Waals surface area (Å²) in [6.45, 7) is 3.50.